The molecule has 2 aromatic rings. The van der Waals surface area contributed by atoms with Crippen molar-refractivity contribution in [3.05, 3.63) is 38.8 Å². The first kappa shape index (κ1) is 17.2. The zero-order valence-electron chi connectivity index (χ0n) is 14.6. The molecule has 1 N–H and O–H groups in total. The van der Waals surface area contributed by atoms with Crippen LogP contribution in [0.5, 0.6) is 0 Å². The van der Waals surface area contributed by atoms with Gasteiger partial charge in [-0.05, 0) is 57.7 Å². The number of rotatable bonds is 6. The van der Waals surface area contributed by atoms with Gasteiger partial charge in [0.1, 0.15) is 0 Å². The van der Waals surface area contributed by atoms with E-state index in [1.165, 1.54) is 11.3 Å². The molecule has 1 fully saturated rings. The smallest absolute Gasteiger partial charge is 0.261 e. The van der Waals surface area contributed by atoms with Gasteiger partial charge >= 0.3 is 0 Å². The Bertz CT molecular complexity index is 714. The van der Waals surface area contributed by atoms with Crippen LogP contribution < -0.4 is 5.32 Å². The van der Waals surface area contributed by atoms with Crippen molar-refractivity contribution in [2.75, 3.05) is 13.2 Å². The molecular formula is C18H25N3O2S. The van der Waals surface area contributed by atoms with Gasteiger partial charge in [-0.25, -0.2) is 0 Å². The van der Waals surface area contributed by atoms with Crippen molar-refractivity contribution in [2.45, 2.75) is 52.7 Å². The average molecular weight is 347 g/mol. The Morgan fingerprint density at radius 2 is 2.29 bits per heavy atom. The number of carbonyl (C=O) groups is 1. The predicted octanol–water partition coefficient (Wildman–Crippen LogP) is 3.41. The maximum atomic E-state index is 12.3. The highest BCUT2D eigenvalue weighted by Crippen LogP contribution is 2.33. The fourth-order valence-electron chi connectivity index (χ4n) is 3.24. The highest BCUT2D eigenvalue weighted by atomic mass is 32.1. The summed E-state index contributed by atoms with van der Waals surface area (Å²) in [7, 11) is 0. The molecule has 0 aromatic carbocycles. The van der Waals surface area contributed by atoms with Crippen LogP contribution in [-0.4, -0.2) is 28.8 Å². The number of aromatic nitrogens is 2. The highest BCUT2D eigenvalue weighted by molar-refractivity contribution is 7.14. The standard InChI is InChI=1S/C18H25N3O2S/c1-4-21-13(3)14(12(2)20-21)9-10-19-18(22)17-8-7-16(24-17)15-6-5-11-23-15/h7-8,15H,4-6,9-11H2,1-3H3,(H,19,22). The summed E-state index contributed by atoms with van der Waals surface area (Å²) in [5.41, 5.74) is 3.49. The molecule has 0 aliphatic carbocycles. The molecule has 3 rings (SSSR count). The van der Waals surface area contributed by atoms with Crippen LogP contribution in [0.25, 0.3) is 0 Å². The van der Waals surface area contributed by atoms with Gasteiger partial charge in [-0.1, -0.05) is 0 Å². The van der Waals surface area contributed by atoms with E-state index in [9.17, 15) is 4.79 Å². The van der Waals surface area contributed by atoms with E-state index in [2.05, 4.69) is 24.3 Å². The Labute approximate surface area is 147 Å². The Morgan fingerprint density at radius 1 is 1.46 bits per heavy atom. The molecule has 1 saturated heterocycles. The third-order valence-corrected chi connectivity index (χ3v) is 5.77. The monoisotopic (exact) mass is 347 g/mol. The van der Waals surface area contributed by atoms with E-state index < -0.39 is 0 Å². The van der Waals surface area contributed by atoms with Gasteiger partial charge in [-0.15, -0.1) is 11.3 Å². The van der Waals surface area contributed by atoms with E-state index in [4.69, 9.17) is 4.74 Å². The lowest BCUT2D eigenvalue weighted by atomic mass is 10.1. The second kappa shape index (κ2) is 7.49. The first-order valence-corrected chi connectivity index (χ1v) is 9.44. The Kier molecular flexibility index (Phi) is 5.36. The topological polar surface area (TPSA) is 56.2 Å². The molecule has 1 aliphatic heterocycles. The molecular weight excluding hydrogens is 322 g/mol. The fourth-order valence-corrected chi connectivity index (χ4v) is 4.25. The number of ether oxygens (including phenoxy) is 1. The third kappa shape index (κ3) is 3.54. The van der Waals surface area contributed by atoms with Crippen molar-refractivity contribution < 1.29 is 9.53 Å². The van der Waals surface area contributed by atoms with Crippen LogP contribution in [0.3, 0.4) is 0 Å². The van der Waals surface area contributed by atoms with E-state index in [0.717, 1.165) is 47.9 Å². The number of hydrogen-bond acceptors (Lipinski definition) is 4. The number of hydrogen-bond donors (Lipinski definition) is 1. The molecule has 1 aliphatic rings. The fraction of sp³-hybridized carbons (Fsp3) is 0.556. The maximum Gasteiger partial charge on any atom is 0.261 e. The van der Waals surface area contributed by atoms with Gasteiger partial charge in [0.2, 0.25) is 0 Å². The predicted molar refractivity (Wildman–Crippen MR) is 95.7 cm³/mol. The van der Waals surface area contributed by atoms with E-state index >= 15 is 0 Å². The summed E-state index contributed by atoms with van der Waals surface area (Å²) in [6.45, 7) is 8.54. The van der Waals surface area contributed by atoms with Crippen LogP contribution in [0, 0.1) is 13.8 Å². The molecule has 3 heterocycles. The van der Waals surface area contributed by atoms with Crippen LogP contribution in [0.4, 0.5) is 0 Å². The largest absolute Gasteiger partial charge is 0.373 e. The van der Waals surface area contributed by atoms with Crippen molar-refractivity contribution in [3.63, 3.8) is 0 Å². The van der Waals surface area contributed by atoms with Crippen molar-refractivity contribution >= 4 is 17.2 Å². The maximum absolute atomic E-state index is 12.3. The zero-order chi connectivity index (χ0) is 17.1. The number of nitrogens with zero attached hydrogens (tertiary/aromatic N) is 2. The highest BCUT2D eigenvalue weighted by Gasteiger charge is 2.21. The second-order valence-corrected chi connectivity index (χ2v) is 7.29. The first-order chi connectivity index (χ1) is 11.6. The van der Waals surface area contributed by atoms with Crippen LogP contribution in [0.15, 0.2) is 12.1 Å². The van der Waals surface area contributed by atoms with E-state index in [1.807, 2.05) is 23.7 Å². The van der Waals surface area contributed by atoms with Crippen molar-refractivity contribution in [1.29, 1.82) is 0 Å². The molecule has 6 heteroatoms. The lowest BCUT2D eigenvalue weighted by Crippen LogP contribution is -2.25. The molecule has 2 aromatic heterocycles. The van der Waals surface area contributed by atoms with E-state index in [0.29, 0.717) is 6.54 Å². The molecule has 0 saturated carbocycles. The van der Waals surface area contributed by atoms with Crippen LogP contribution in [0.1, 0.15) is 57.4 Å². The third-order valence-electron chi connectivity index (χ3n) is 4.59. The SMILES string of the molecule is CCn1nc(C)c(CCNC(=O)c2ccc(C3CCCO3)s2)c1C. The van der Waals surface area contributed by atoms with Crippen LogP contribution in [0.2, 0.25) is 0 Å². The summed E-state index contributed by atoms with van der Waals surface area (Å²) in [6, 6.07) is 3.93. The Hall–Kier alpha value is -1.66. The molecule has 1 atom stereocenters. The number of aryl methyl sites for hydroxylation is 2. The lowest BCUT2D eigenvalue weighted by molar-refractivity contribution is 0.0958. The van der Waals surface area contributed by atoms with Crippen molar-refractivity contribution in [2.24, 2.45) is 0 Å². The molecule has 5 nitrogen and oxygen atoms in total. The minimum Gasteiger partial charge on any atom is -0.373 e. The molecule has 0 spiro atoms. The lowest BCUT2D eigenvalue weighted by Gasteiger charge is -2.06. The Balaban J connectivity index is 1.55. The van der Waals surface area contributed by atoms with Crippen LogP contribution in [-0.2, 0) is 17.7 Å². The number of nitrogens with one attached hydrogen (secondary N) is 1. The zero-order valence-corrected chi connectivity index (χ0v) is 15.4. The van der Waals surface area contributed by atoms with Crippen molar-refractivity contribution in [1.82, 2.24) is 15.1 Å². The minimum atomic E-state index is 0.00226. The number of amides is 1. The molecule has 1 unspecified atom stereocenters. The van der Waals surface area contributed by atoms with Crippen LogP contribution >= 0.6 is 11.3 Å². The van der Waals surface area contributed by atoms with Gasteiger partial charge in [-0.3, -0.25) is 9.48 Å². The summed E-state index contributed by atoms with van der Waals surface area (Å²) < 4.78 is 7.69. The van der Waals surface area contributed by atoms with Gasteiger partial charge in [0.15, 0.2) is 0 Å². The number of carbonyl (C=O) groups excluding carboxylic acids is 1. The molecule has 0 bridgehead atoms. The molecule has 24 heavy (non-hydrogen) atoms. The summed E-state index contributed by atoms with van der Waals surface area (Å²) in [6.07, 6.45) is 3.16. The molecule has 0 radical (unpaired) electrons. The normalized spacial score (nSPS) is 17.4. The van der Waals surface area contributed by atoms with E-state index in [1.54, 1.807) is 11.3 Å². The average Bonchev–Trinajstić information content (AvgIpc) is 3.29. The number of thiophene rings is 1. The van der Waals surface area contributed by atoms with E-state index in [-0.39, 0.29) is 12.0 Å². The van der Waals surface area contributed by atoms with Gasteiger partial charge in [0.25, 0.3) is 5.91 Å². The van der Waals surface area contributed by atoms with Crippen molar-refractivity contribution in [3.8, 4) is 0 Å². The second-order valence-electron chi connectivity index (χ2n) is 6.17. The summed E-state index contributed by atoms with van der Waals surface area (Å²) in [5, 5.41) is 7.55. The summed E-state index contributed by atoms with van der Waals surface area (Å²) >= 11 is 1.55. The van der Waals surface area contributed by atoms with Gasteiger partial charge in [-0.2, -0.15) is 5.10 Å². The first-order valence-electron chi connectivity index (χ1n) is 8.62. The summed E-state index contributed by atoms with van der Waals surface area (Å²) in [5.74, 6) is 0.00226. The minimum absolute atomic E-state index is 0.00226. The quantitative estimate of drug-likeness (QED) is 0.871. The molecule has 1 amide bonds. The van der Waals surface area contributed by atoms with Gasteiger partial charge in [0.05, 0.1) is 16.7 Å². The van der Waals surface area contributed by atoms with Gasteiger partial charge < -0.3 is 10.1 Å². The molecule has 130 valence electrons. The Morgan fingerprint density at radius 3 is 2.96 bits per heavy atom. The summed E-state index contributed by atoms with van der Waals surface area (Å²) in [4.78, 5) is 14.3. The van der Waals surface area contributed by atoms with Gasteiger partial charge in [0, 0.05) is 30.3 Å².